The van der Waals surface area contributed by atoms with Gasteiger partial charge >= 0.3 is 0 Å². The fraction of sp³-hybridized carbons (Fsp3) is 0.750. The first-order valence-corrected chi connectivity index (χ1v) is 6.01. The minimum atomic E-state index is -0.576. The number of terminal acetylenes is 1. The van der Waals surface area contributed by atoms with Crippen molar-refractivity contribution < 1.29 is 4.79 Å². The van der Waals surface area contributed by atoms with E-state index in [4.69, 9.17) is 12.2 Å². The first-order chi connectivity index (χ1) is 8.13. The Morgan fingerprint density at radius 3 is 2.71 bits per heavy atom. The highest BCUT2D eigenvalue weighted by Crippen LogP contribution is 1.97. The summed E-state index contributed by atoms with van der Waals surface area (Å²) in [6.07, 6.45) is 5.39. The molecule has 0 aliphatic carbocycles. The van der Waals surface area contributed by atoms with Crippen LogP contribution in [0.2, 0.25) is 0 Å². The fourth-order valence-corrected chi connectivity index (χ4v) is 1.76. The molecule has 1 amide bonds. The van der Waals surface area contributed by atoms with Crippen molar-refractivity contribution in [3.63, 3.8) is 0 Å². The predicted molar refractivity (Wildman–Crippen MR) is 68.4 cm³/mol. The van der Waals surface area contributed by atoms with Gasteiger partial charge in [-0.25, -0.2) is 0 Å². The molecule has 17 heavy (non-hydrogen) atoms. The molecular weight excluding hydrogens is 216 g/mol. The zero-order valence-corrected chi connectivity index (χ0v) is 10.5. The number of rotatable bonds is 5. The Morgan fingerprint density at radius 1 is 1.47 bits per heavy atom. The van der Waals surface area contributed by atoms with Crippen LogP contribution in [0.1, 0.15) is 6.42 Å². The van der Waals surface area contributed by atoms with Gasteiger partial charge in [0.1, 0.15) is 0 Å². The van der Waals surface area contributed by atoms with Gasteiger partial charge in [0.15, 0.2) is 0 Å². The third-order valence-corrected chi connectivity index (χ3v) is 3.00. The van der Waals surface area contributed by atoms with Crippen LogP contribution in [0.4, 0.5) is 0 Å². The molecule has 3 N–H and O–H groups in total. The van der Waals surface area contributed by atoms with E-state index in [-0.39, 0.29) is 5.91 Å². The van der Waals surface area contributed by atoms with E-state index < -0.39 is 6.04 Å². The molecule has 0 aromatic heterocycles. The summed E-state index contributed by atoms with van der Waals surface area (Å²) in [6, 6.07) is -0.576. The van der Waals surface area contributed by atoms with Gasteiger partial charge in [0, 0.05) is 45.7 Å². The molecule has 1 rings (SSSR count). The lowest BCUT2D eigenvalue weighted by Crippen LogP contribution is -2.48. The summed E-state index contributed by atoms with van der Waals surface area (Å²) in [4.78, 5) is 16.1. The minimum Gasteiger partial charge on any atom is -0.353 e. The summed E-state index contributed by atoms with van der Waals surface area (Å²) < 4.78 is 0. The summed E-state index contributed by atoms with van der Waals surface area (Å²) >= 11 is 0. The molecule has 0 saturated carbocycles. The summed E-state index contributed by atoms with van der Waals surface area (Å²) in [7, 11) is 2.12. The Balaban J connectivity index is 2.11. The molecule has 1 fully saturated rings. The highest BCUT2D eigenvalue weighted by atomic mass is 16.2. The Bertz CT molecular complexity index is 279. The van der Waals surface area contributed by atoms with Crippen molar-refractivity contribution in [1.82, 2.24) is 15.1 Å². The number of nitrogens with two attached hydrogens (primary N) is 1. The van der Waals surface area contributed by atoms with Crippen LogP contribution in [0.5, 0.6) is 0 Å². The summed E-state index contributed by atoms with van der Waals surface area (Å²) in [5.41, 5.74) is 5.59. The second-order valence-corrected chi connectivity index (χ2v) is 4.45. The maximum atomic E-state index is 11.5. The van der Waals surface area contributed by atoms with Gasteiger partial charge in [-0.05, 0) is 7.05 Å². The van der Waals surface area contributed by atoms with Gasteiger partial charge in [-0.2, -0.15) is 0 Å². The molecule has 1 heterocycles. The Hall–Kier alpha value is -1.09. The SMILES string of the molecule is C#CCC(N)C(=O)NCCN1CCN(C)CC1. The lowest BCUT2D eigenvalue weighted by Gasteiger charge is -2.32. The number of piperazine rings is 1. The fourth-order valence-electron chi connectivity index (χ4n) is 1.76. The smallest absolute Gasteiger partial charge is 0.237 e. The van der Waals surface area contributed by atoms with Crippen LogP contribution in [0.25, 0.3) is 0 Å². The Morgan fingerprint density at radius 2 is 2.12 bits per heavy atom. The number of likely N-dealkylation sites (N-methyl/N-ethyl adjacent to an activating group) is 1. The van der Waals surface area contributed by atoms with Crippen LogP contribution in [-0.4, -0.2) is 68.1 Å². The summed E-state index contributed by atoms with van der Waals surface area (Å²) in [6.45, 7) is 5.81. The van der Waals surface area contributed by atoms with Gasteiger partial charge in [0.05, 0.1) is 6.04 Å². The third-order valence-electron chi connectivity index (χ3n) is 3.00. The van der Waals surface area contributed by atoms with Gasteiger partial charge < -0.3 is 16.0 Å². The van der Waals surface area contributed by atoms with Crippen molar-refractivity contribution in [2.75, 3.05) is 46.3 Å². The maximum absolute atomic E-state index is 11.5. The third kappa shape index (κ3) is 5.18. The normalized spacial score (nSPS) is 19.6. The Labute approximate surface area is 103 Å². The van der Waals surface area contributed by atoms with E-state index in [1.54, 1.807) is 0 Å². The standard InChI is InChI=1S/C12H22N4O/c1-3-4-11(13)12(17)14-5-6-16-9-7-15(2)8-10-16/h1,11H,4-10,13H2,2H3,(H,14,17). The highest BCUT2D eigenvalue weighted by molar-refractivity contribution is 5.81. The molecule has 96 valence electrons. The zero-order valence-electron chi connectivity index (χ0n) is 10.5. The summed E-state index contributed by atoms with van der Waals surface area (Å²) in [5, 5.41) is 2.81. The van der Waals surface area contributed by atoms with Gasteiger partial charge in [-0.1, -0.05) is 0 Å². The van der Waals surface area contributed by atoms with E-state index in [1.165, 1.54) is 0 Å². The van der Waals surface area contributed by atoms with E-state index in [1.807, 2.05) is 0 Å². The van der Waals surface area contributed by atoms with E-state index >= 15 is 0 Å². The average molecular weight is 238 g/mol. The van der Waals surface area contributed by atoms with E-state index in [0.29, 0.717) is 13.0 Å². The van der Waals surface area contributed by atoms with Crippen LogP contribution in [0.15, 0.2) is 0 Å². The van der Waals surface area contributed by atoms with Crippen LogP contribution >= 0.6 is 0 Å². The minimum absolute atomic E-state index is 0.155. The first-order valence-electron chi connectivity index (χ1n) is 6.01. The van der Waals surface area contributed by atoms with Crippen LogP contribution in [0, 0.1) is 12.3 Å². The molecule has 1 aliphatic rings. The highest BCUT2D eigenvalue weighted by Gasteiger charge is 2.15. The topological polar surface area (TPSA) is 61.6 Å². The average Bonchev–Trinajstić information content (AvgIpc) is 2.32. The molecule has 0 radical (unpaired) electrons. The maximum Gasteiger partial charge on any atom is 0.237 e. The zero-order chi connectivity index (χ0) is 12.7. The second-order valence-electron chi connectivity index (χ2n) is 4.45. The van der Waals surface area contributed by atoms with Crippen molar-refractivity contribution in [2.24, 2.45) is 5.73 Å². The molecule has 5 nitrogen and oxygen atoms in total. The molecule has 0 aromatic carbocycles. The number of carbonyl (C=O) groups excluding carboxylic acids is 1. The number of nitrogens with one attached hydrogen (secondary N) is 1. The van der Waals surface area contributed by atoms with E-state index in [9.17, 15) is 4.79 Å². The molecule has 1 aliphatic heterocycles. The van der Waals surface area contributed by atoms with Gasteiger partial charge in [-0.3, -0.25) is 9.69 Å². The first kappa shape index (κ1) is 14.0. The van der Waals surface area contributed by atoms with Gasteiger partial charge in [0.25, 0.3) is 0 Å². The van der Waals surface area contributed by atoms with Crippen molar-refractivity contribution in [3.8, 4) is 12.3 Å². The lowest BCUT2D eigenvalue weighted by molar-refractivity contribution is -0.122. The monoisotopic (exact) mass is 238 g/mol. The van der Waals surface area contributed by atoms with Crippen molar-refractivity contribution >= 4 is 5.91 Å². The summed E-state index contributed by atoms with van der Waals surface area (Å²) in [5.74, 6) is 2.24. The molecule has 1 unspecified atom stereocenters. The van der Waals surface area contributed by atoms with Crippen LogP contribution in [0.3, 0.4) is 0 Å². The molecular formula is C12H22N4O. The van der Waals surface area contributed by atoms with Gasteiger partial charge in [0.2, 0.25) is 5.91 Å². The van der Waals surface area contributed by atoms with Crippen LogP contribution in [-0.2, 0) is 4.79 Å². The number of carbonyl (C=O) groups is 1. The number of hydrogen-bond donors (Lipinski definition) is 2. The number of amides is 1. The van der Waals surface area contributed by atoms with Gasteiger partial charge in [-0.15, -0.1) is 12.3 Å². The number of nitrogens with zero attached hydrogens (tertiary/aromatic N) is 2. The molecule has 1 saturated heterocycles. The van der Waals surface area contributed by atoms with Crippen LogP contribution < -0.4 is 11.1 Å². The van der Waals surface area contributed by atoms with E-state index in [2.05, 4.69) is 28.1 Å². The van der Waals surface area contributed by atoms with Crippen molar-refractivity contribution in [3.05, 3.63) is 0 Å². The molecule has 0 bridgehead atoms. The molecule has 0 aromatic rings. The number of hydrogen-bond acceptors (Lipinski definition) is 4. The van der Waals surface area contributed by atoms with E-state index in [0.717, 1.165) is 32.7 Å². The molecule has 0 spiro atoms. The lowest BCUT2D eigenvalue weighted by atomic mass is 10.2. The van der Waals surface area contributed by atoms with Crippen molar-refractivity contribution in [2.45, 2.75) is 12.5 Å². The molecule has 1 atom stereocenters. The quantitative estimate of drug-likeness (QED) is 0.585. The second kappa shape index (κ2) is 7.28. The largest absolute Gasteiger partial charge is 0.353 e. The Kier molecular flexibility index (Phi) is 5.98. The van der Waals surface area contributed by atoms with Crippen molar-refractivity contribution in [1.29, 1.82) is 0 Å². The molecule has 5 heteroatoms. The predicted octanol–water partition coefficient (Wildman–Crippen LogP) is -1.30.